The summed E-state index contributed by atoms with van der Waals surface area (Å²) in [6.07, 6.45) is 3.69. The van der Waals surface area contributed by atoms with Crippen molar-refractivity contribution in [3.8, 4) is 0 Å². The number of aliphatic carboxylic acids is 1. The van der Waals surface area contributed by atoms with Gasteiger partial charge in [-0.1, -0.05) is 31.2 Å². The third kappa shape index (κ3) is 3.16. The van der Waals surface area contributed by atoms with Crippen LogP contribution in [0.15, 0.2) is 24.3 Å². The molecule has 0 radical (unpaired) electrons. The molecule has 0 fully saturated rings. The van der Waals surface area contributed by atoms with Gasteiger partial charge in [-0.2, -0.15) is 0 Å². The molecule has 0 bridgehead atoms. The number of carbonyl (C=O) groups is 1. The van der Waals surface area contributed by atoms with Crippen molar-refractivity contribution < 1.29 is 9.90 Å². The zero-order valence-corrected chi connectivity index (χ0v) is 11.8. The Morgan fingerprint density at radius 3 is 2.89 bits per heavy atom. The predicted molar refractivity (Wildman–Crippen MR) is 76.2 cm³/mol. The average Bonchev–Trinajstić information content (AvgIpc) is 2.39. The fourth-order valence-corrected chi connectivity index (χ4v) is 3.28. The zero-order valence-electron chi connectivity index (χ0n) is 11.8. The van der Waals surface area contributed by atoms with Crippen LogP contribution in [0.5, 0.6) is 0 Å². The Kier molecular flexibility index (Phi) is 4.59. The van der Waals surface area contributed by atoms with Gasteiger partial charge in [-0.3, -0.25) is 9.69 Å². The average molecular weight is 261 g/mol. The van der Waals surface area contributed by atoms with Crippen molar-refractivity contribution in [2.75, 3.05) is 6.54 Å². The van der Waals surface area contributed by atoms with E-state index >= 15 is 0 Å². The highest BCUT2D eigenvalue weighted by atomic mass is 16.4. The molecule has 0 spiro atoms. The topological polar surface area (TPSA) is 40.5 Å². The van der Waals surface area contributed by atoms with Crippen molar-refractivity contribution >= 4 is 5.97 Å². The molecule has 0 heterocycles. The third-order valence-corrected chi connectivity index (χ3v) is 4.14. The maximum atomic E-state index is 10.9. The summed E-state index contributed by atoms with van der Waals surface area (Å²) in [5.74, 6) is -0.713. The number of carboxylic acid groups (broad SMARTS) is 1. The quantitative estimate of drug-likeness (QED) is 0.884. The first kappa shape index (κ1) is 14.1. The molecule has 2 atom stereocenters. The van der Waals surface area contributed by atoms with Crippen molar-refractivity contribution in [1.82, 2.24) is 4.90 Å². The minimum atomic E-state index is -0.713. The second kappa shape index (κ2) is 6.20. The van der Waals surface area contributed by atoms with Crippen LogP contribution in [0, 0.1) is 0 Å². The lowest BCUT2D eigenvalue weighted by atomic mass is 9.86. The van der Waals surface area contributed by atoms with Crippen LogP contribution < -0.4 is 0 Å². The van der Waals surface area contributed by atoms with Crippen molar-refractivity contribution in [2.45, 2.75) is 51.6 Å². The minimum absolute atomic E-state index is 0.0821. The van der Waals surface area contributed by atoms with Crippen LogP contribution in [0.3, 0.4) is 0 Å². The van der Waals surface area contributed by atoms with E-state index in [2.05, 4.69) is 36.1 Å². The first-order valence-corrected chi connectivity index (χ1v) is 7.18. The van der Waals surface area contributed by atoms with Gasteiger partial charge in [-0.05, 0) is 43.9 Å². The highest BCUT2D eigenvalue weighted by Gasteiger charge is 2.28. The second-order valence-corrected chi connectivity index (χ2v) is 5.38. The van der Waals surface area contributed by atoms with E-state index in [9.17, 15) is 4.79 Å². The molecule has 1 aromatic carbocycles. The highest BCUT2D eigenvalue weighted by Crippen LogP contribution is 2.35. The van der Waals surface area contributed by atoms with Crippen LogP contribution >= 0.6 is 0 Å². The highest BCUT2D eigenvalue weighted by molar-refractivity contribution is 5.67. The van der Waals surface area contributed by atoms with E-state index in [4.69, 9.17) is 5.11 Å². The molecule has 0 saturated carbocycles. The van der Waals surface area contributed by atoms with Crippen LogP contribution in [0.25, 0.3) is 0 Å². The monoisotopic (exact) mass is 261 g/mol. The molecule has 19 heavy (non-hydrogen) atoms. The molecule has 0 aromatic heterocycles. The van der Waals surface area contributed by atoms with Crippen molar-refractivity contribution in [1.29, 1.82) is 0 Å². The van der Waals surface area contributed by atoms with E-state index in [1.54, 1.807) is 0 Å². The summed E-state index contributed by atoms with van der Waals surface area (Å²) < 4.78 is 0. The molecule has 0 amide bonds. The molecule has 0 aliphatic heterocycles. The third-order valence-electron chi connectivity index (χ3n) is 4.14. The van der Waals surface area contributed by atoms with Crippen molar-refractivity contribution in [3.63, 3.8) is 0 Å². The number of rotatable bonds is 5. The molecule has 1 aliphatic carbocycles. The Morgan fingerprint density at radius 2 is 2.21 bits per heavy atom. The van der Waals surface area contributed by atoms with Gasteiger partial charge < -0.3 is 5.11 Å². The Morgan fingerprint density at radius 1 is 1.47 bits per heavy atom. The van der Waals surface area contributed by atoms with E-state index < -0.39 is 5.97 Å². The second-order valence-electron chi connectivity index (χ2n) is 5.38. The fourth-order valence-electron chi connectivity index (χ4n) is 3.28. The maximum Gasteiger partial charge on any atom is 0.304 e. The molecular formula is C16H23NO2. The van der Waals surface area contributed by atoms with E-state index in [1.165, 1.54) is 17.5 Å². The molecule has 2 unspecified atom stereocenters. The summed E-state index contributed by atoms with van der Waals surface area (Å²) in [5.41, 5.74) is 2.83. The summed E-state index contributed by atoms with van der Waals surface area (Å²) >= 11 is 0. The molecule has 104 valence electrons. The molecule has 3 heteroatoms. The van der Waals surface area contributed by atoms with E-state index in [0.717, 1.165) is 19.4 Å². The SMILES string of the molecule is CCN(C(C)CC(=O)O)C1CCCc2ccccc21. The number of fused-ring (bicyclic) bond motifs is 1. The van der Waals surface area contributed by atoms with Gasteiger partial charge in [-0.15, -0.1) is 0 Å². The van der Waals surface area contributed by atoms with Gasteiger partial charge in [0.1, 0.15) is 0 Å². The van der Waals surface area contributed by atoms with E-state index in [1.807, 2.05) is 6.92 Å². The molecule has 1 aliphatic rings. The van der Waals surface area contributed by atoms with E-state index in [-0.39, 0.29) is 12.5 Å². The summed E-state index contributed by atoms with van der Waals surface area (Å²) in [6, 6.07) is 9.06. The molecule has 1 aromatic rings. The summed E-state index contributed by atoms with van der Waals surface area (Å²) in [5, 5.41) is 9.00. The number of hydrogen-bond acceptors (Lipinski definition) is 2. The summed E-state index contributed by atoms with van der Waals surface area (Å²) in [6.45, 7) is 5.04. The Hall–Kier alpha value is -1.35. The van der Waals surface area contributed by atoms with Crippen LogP contribution in [-0.2, 0) is 11.2 Å². The smallest absolute Gasteiger partial charge is 0.304 e. The van der Waals surface area contributed by atoms with Gasteiger partial charge in [0, 0.05) is 12.1 Å². The lowest BCUT2D eigenvalue weighted by Crippen LogP contribution is -2.39. The van der Waals surface area contributed by atoms with Gasteiger partial charge in [0.2, 0.25) is 0 Å². The molecule has 1 N–H and O–H groups in total. The predicted octanol–water partition coefficient (Wildman–Crippen LogP) is 3.25. The Balaban J connectivity index is 2.22. The minimum Gasteiger partial charge on any atom is -0.481 e. The van der Waals surface area contributed by atoms with Gasteiger partial charge in [0.15, 0.2) is 0 Å². The lowest BCUT2D eigenvalue weighted by Gasteiger charge is -2.38. The van der Waals surface area contributed by atoms with Crippen LogP contribution in [-0.4, -0.2) is 28.6 Å². The van der Waals surface area contributed by atoms with Crippen molar-refractivity contribution in [2.24, 2.45) is 0 Å². The van der Waals surface area contributed by atoms with Crippen molar-refractivity contribution in [3.05, 3.63) is 35.4 Å². The first-order chi connectivity index (χ1) is 9.13. The maximum absolute atomic E-state index is 10.9. The zero-order chi connectivity index (χ0) is 13.8. The number of carboxylic acids is 1. The number of nitrogens with zero attached hydrogens (tertiary/aromatic N) is 1. The van der Waals surface area contributed by atoms with Gasteiger partial charge >= 0.3 is 5.97 Å². The first-order valence-electron chi connectivity index (χ1n) is 7.18. The molecule has 2 rings (SSSR count). The Labute approximate surface area is 115 Å². The van der Waals surface area contributed by atoms with E-state index in [0.29, 0.717) is 6.04 Å². The summed E-state index contributed by atoms with van der Waals surface area (Å²) in [4.78, 5) is 13.3. The standard InChI is InChI=1S/C16H23NO2/c1-3-17(12(2)11-16(18)19)15-10-6-8-13-7-4-5-9-14(13)15/h4-5,7,9,12,15H,3,6,8,10-11H2,1-2H3,(H,18,19). The molecule has 3 nitrogen and oxygen atoms in total. The summed E-state index contributed by atoms with van der Waals surface area (Å²) in [7, 11) is 0. The number of aryl methyl sites for hydroxylation is 1. The number of benzene rings is 1. The number of hydrogen-bond donors (Lipinski definition) is 1. The normalized spacial score (nSPS) is 20.1. The molecular weight excluding hydrogens is 238 g/mol. The largest absolute Gasteiger partial charge is 0.481 e. The Bertz CT molecular complexity index is 444. The van der Waals surface area contributed by atoms with Crippen LogP contribution in [0.2, 0.25) is 0 Å². The van der Waals surface area contributed by atoms with Gasteiger partial charge in [0.05, 0.1) is 6.42 Å². The van der Waals surface area contributed by atoms with Gasteiger partial charge in [0.25, 0.3) is 0 Å². The fraction of sp³-hybridized carbons (Fsp3) is 0.562. The lowest BCUT2D eigenvalue weighted by molar-refractivity contribution is -0.138. The van der Waals surface area contributed by atoms with Crippen LogP contribution in [0.1, 0.15) is 50.3 Å². The van der Waals surface area contributed by atoms with Crippen LogP contribution in [0.4, 0.5) is 0 Å². The molecule has 0 saturated heterocycles. The van der Waals surface area contributed by atoms with Gasteiger partial charge in [-0.25, -0.2) is 0 Å².